The highest BCUT2D eigenvalue weighted by atomic mass is 35.5. The lowest BCUT2D eigenvalue weighted by atomic mass is 10.1. The second-order valence-electron chi connectivity index (χ2n) is 2.93. The first-order valence-corrected chi connectivity index (χ1v) is 4.59. The molecule has 0 amide bonds. The minimum absolute atomic E-state index is 0.124. The fourth-order valence-corrected chi connectivity index (χ4v) is 1.45. The standard InChI is InChI=1S/C11H8ClNO/c12-9-6-10(11(14)13-7-9)8-4-2-1-3-5-8/h1-7H,(H,13,14). The lowest BCUT2D eigenvalue weighted by molar-refractivity contribution is 1.24. The smallest absolute Gasteiger partial charge is 0.255 e. The van der Waals surface area contributed by atoms with E-state index in [1.165, 1.54) is 6.20 Å². The summed E-state index contributed by atoms with van der Waals surface area (Å²) in [6.45, 7) is 0. The third kappa shape index (κ3) is 1.70. The summed E-state index contributed by atoms with van der Waals surface area (Å²) in [4.78, 5) is 14.0. The van der Waals surface area contributed by atoms with Gasteiger partial charge in [0, 0.05) is 11.8 Å². The molecule has 0 aliphatic carbocycles. The van der Waals surface area contributed by atoms with E-state index in [4.69, 9.17) is 11.6 Å². The van der Waals surface area contributed by atoms with Gasteiger partial charge < -0.3 is 4.98 Å². The quantitative estimate of drug-likeness (QED) is 0.763. The molecule has 0 unspecified atom stereocenters. The maximum atomic E-state index is 11.5. The van der Waals surface area contributed by atoms with Gasteiger partial charge in [0.25, 0.3) is 5.56 Å². The van der Waals surface area contributed by atoms with Crippen molar-refractivity contribution in [1.29, 1.82) is 0 Å². The molecule has 1 aromatic heterocycles. The molecule has 2 aromatic rings. The van der Waals surface area contributed by atoms with E-state index in [9.17, 15) is 4.79 Å². The number of aromatic amines is 1. The summed E-state index contributed by atoms with van der Waals surface area (Å²) in [6.07, 6.45) is 1.48. The maximum Gasteiger partial charge on any atom is 0.255 e. The van der Waals surface area contributed by atoms with Crippen molar-refractivity contribution in [3.8, 4) is 11.1 Å². The van der Waals surface area contributed by atoms with Crippen molar-refractivity contribution in [2.45, 2.75) is 0 Å². The first kappa shape index (κ1) is 9.03. The van der Waals surface area contributed by atoms with Crippen molar-refractivity contribution < 1.29 is 0 Å². The average molecular weight is 206 g/mol. The molecule has 1 heterocycles. The largest absolute Gasteiger partial charge is 0.327 e. The van der Waals surface area contributed by atoms with Gasteiger partial charge in [-0.1, -0.05) is 41.9 Å². The Kier molecular flexibility index (Phi) is 2.37. The molecular formula is C11H8ClNO. The summed E-state index contributed by atoms with van der Waals surface area (Å²) in [5.74, 6) is 0. The fraction of sp³-hybridized carbons (Fsp3) is 0. The van der Waals surface area contributed by atoms with Gasteiger partial charge in [-0.05, 0) is 11.6 Å². The van der Waals surface area contributed by atoms with Crippen LogP contribution in [0.5, 0.6) is 0 Å². The monoisotopic (exact) mass is 205 g/mol. The van der Waals surface area contributed by atoms with Crippen LogP contribution in [0.1, 0.15) is 0 Å². The lowest BCUT2D eigenvalue weighted by Gasteiger charge is -1.99. The minimum atomic E-state index is -0.124. The fourth-order valence-electron chi connectivity index (χ4n) is 1.29. The zero-order chi connectivity index (χ0) is 9.97. The van der Waals surface area contributed by atoms with E-state index in [0.717, 1.165) is 5.56 Å². The molecule has 0 aliphatic heterocycles. The molecule has 0 radical (unpaired) electrons. The molecule has 1 N–H and O–H groups in total. The van der Waals surface area contributed by atoms with Gasteiger partial charge in [-0.15, -0.1) is 0 Å². The molecule has 0 atom stereocenters. The Morgan fingerprint density at radius 2 is 1.86 bits per heavy atom. The summed E-state index contributed by atoms with van der Waals surface area (Å²) < 4.78 is 0. The van der Waals surface area contributed by atoms with Crippen molar-refractivity contribution >= 4 is 11.6 Å². The number of hydrogen-bond acceptors (Lipinski definition) is 1. The van der Waals surface area contributed by atoms with Crippen molar-refractivity contribution in [3.05, 3.63) is 58.0 Å². The molecule has 0 saturated carbocycles. The summed E-state index contributed by atoms with van der Waals surface area (Å²) in [7, 11) is 0. The van der Waals surface area contributed by atoms with Crippen LogP contribution in [-0.2, 0) is 0 Å². The summed E-state index contributed by atoms with van der Waals surface area (Å²) in [5.41, 5.74) is 1.34. The van der Waals surface area contributed by atoms with Crippen molar-refractivity contribution in [1.82, 2.24) is 4.98 Å². The molecule has 1 aromatic carbocycles. The molecule has 0 saturated heterocycles. The molecule has 0 bridgehead atoms. The highest BCUT2D eigenvalue weighted by Crippen LogP contribution is 2.17. The first-order valence-electron chi connectivity index (χ1n) is 4.21. The van der Waals surface area contributed by atoms with Gasteiger partial charge >= 0.3 is 0 Å². The average Bonchev–Trinajstić information content (AvgIpc) is 2.23. The zero-order valence-corrected chi connectivity index (χ0v) is 8.08. The Morgan fingerprint density at radius 3 is 2.57 bits per heavy atom. The predicted molar refractivity (Wildman–Crippen MR) is 57.5 cm³/mol. The molecule has 0 fully saturated rings. The Morgan fingerprint density at radius 1 is 1.14 bits per heavy atom. The number of benzene rings is 1. The number of halogens is 1. The maximum absolute atomic E-state index is 11.5. The van der Waals surface area contributed by atoms with Crippen LogP contribution in [0.4, 0.5) is 0 Å². The molecule has 2 nitrogen and oxygen atoms in total. The molecule has 14 heavy (non-hydrogen) atoms. The van der Waals surface area contributed by atoms with Gasteiger partial charge in [-0.3, -0.25) is 4.79 Å². The Balaban J connectivity index is 2.63. The Bertz CT molecular complexity index is 490. The second kappa shape index (κ2) is 3.68. The molecular weight excluding hydrogens is 198 g/mol. The van der Waals surface area contributed by atoms with Crippen molar-refractivity contribution in [3.63, 3.8) is 0 Å². The van der Waals surface area contributed by atoms with Crippen LogP contribution in [0, 0.1) is 0 Å². The van der Waals surface area contributed by atoms with Crippen LogP contribution >= 0.6 is 11.6 Å². The van der Waals surface area contributed by atoms with Crippen LogP contribution in [0.3, 0.4) is 0 Å². The van der Waals surface area contributed by atoms with E-state index < -0.39 is 0 Å². The second-order valence-corrected chi connectivity index (χ2v) is 3.36. The van der Waals surface area contributed by atoms with Gasteiger partial charge in [0.05, 0.1) is 5.02 Å². The number of nitrogens with one attached hydrogen (secondary N) is 1. The number of pyridine rings is 1. The van der Waals surface area contributed by atoms with E-state index in [2.05, 4.69) is 4.98 Å². The lowest BCUT2D eigenvalue weighted by Crippen LogP contribution is -2.07. The number of hydrogen-bond donors (Lipinski definition) is 1. The number of rotatable bonds is 1. The van der Waals surface area contributed by atoms with Crippen molar-refractivity contribution in [2.75, 3.05) is 0 Å². The van der Waals surface area contributed by atoms with Crippen LogP contribution in [-0.4, -0.2) is 4.98 Å². The third-order valence-corrected chi connectivity index (χ3v) is 2.17. The summed E-state index contributed by atoms with van der Waals surface area (Å²) in [5, 5.41) is 0.531. The normalized spacial score (nSPS) is 10.1. The van der Waals surface area contributed by atoms with Crippen LogP contribution in [0.2, 0.25) is 5.02 Å². The van der Waals surface area contributed by atoms with Crippen LogP contribution in [0.15, 0.2) is 47.4 Å². The summed E-state index contributed by atoms with van der Waals surface area (Å²) in [6, 6.07) is 11.1. The topological polar surface area (TPSA) is 32.9 Å². The van der Waals surface area contributed by atoms with Gasteiger partial charge in [-0.2, -0.15) is 0 Å². The first-order chi connectivity index (χ1) is 6.77. The zero-order valence-electron chi connectivity index (χ0n) is 7.33. The van der Waals surface area contributed by atoms with E-state index in [-0.39, 0.29) is 5.56 Å². The third-order valence-electron chi connectivity index (χ3n) is 1.95. The SMILES string of the molecule is O=c1[nH]cc(Cl)cc1-c1ccccc1. The van der Waals surface area contributed by atoms with Crippen molar-refractivity contribution in [2.24, 2.45) is 0 Å². The van der Waals surface area contributed by atoms with Crippen LogP contribution in [0.25, 0.3) is 11.1 Å². The summed E-state index contributed by atoms with van der Waals surface area (Å²) >= 11 is 5.80. The highest BCUT2D eigenvalue weighted by molar-refractivity contribution is 6.30. The molecule has 2 rings (SSSR count). The Hall–Kier alpha value is -1.54. The van der Waals surface area contributed by atoms with Crippen LogP contribution < -0.4 is 5.56 Å². The van der Waals surface area contributed by atoms with Gasteiger partial charge in [0.1, 0.15) is 0 Å². The van der Waals surface area contributed by atoms with Gasteiger partial charge in [0.15, 0.2) is 0 Å². The van der Waals surface area contributed by atoms with Gasteiger partial charge in [0.2, 0.25) is 0 Å². The van der Waals surface area contributed by atoms with E-state index >= 15 is 0 Å². The molecule has 3 heteroatoms. The van der Waals surface area contributed by atoms with E-state index in [0.29, 0.717) is 10.6 Å². The molecule has 0 aliphatic rings. The number of aromatic nitrogens is 1. The number of H-pyrrole nitrogens is 1. The van der Waals surface area contributed by atoms with E-state index in [1.807, 2.05) is 30.3 Å². The van der Waals surface area contributed by atoms with Gasteiger partial charge in [-0.25, -0.2) is 0 Å². The van der Waals surface area contributed by atoms with E-state index in [1.54, 1.807) is 6.07 Å². The predicted octanol–water partition coefficient (Wildman–Crippen LogP) is 2.70. The highest BCUT2D eigenvalue weighted by Gasteiger charge is 2.02. The minimum Gasteiger partial charge on any atom is -0.327 e. The molecule has 70 valence electrons. The molecule has 0 spiro atoms. The Labute approximate surface area is 86.2 Å².